The fourth-order valence-electron chi connectivity index (χ4n) is 1.76. The van der Waals surface area contributed by atoms with Gasteiger partial charge >= 0.3 is 5.97 Å². The van der Waals surface area contributed by atoms with Gasteiger partial charge in [-0.05, 0) is 30.7 Å². The highest BCUT2D eigenvalue weighted by Crippen LogP contribution is 2.17. The summed E-state index contributed by atoms with van der Waals surface area (Å²) in [7, 11) is 0. The zero-order chi connectivity index (χ0) is 15.8. The van der Waals surface area contributed by atoms with E-state index in [1.807, 2.05) is 24.0 Å². The summed E-state index contributed by atoms with van der Waals surface area (Å²) < 4.78 is 0. The molecule has 1 N–H and O–H groups in total. The van der Waals surface area contributed by atoms with Gasteiger partial charge in [0.05, 0.1) is 6.54 Å². The topological polar surface area (TPSA) is 64.3 Å². The number of nitrogens with zero attached hydrogens (tertiary/aromatic N) is 2. The number of anilines is 1. The Kier molecular flexibility index (Phi) is 5.80. The van der Waals surface area contributed by atoms with E-state index in [1.54, 1.807) is 18.2 Å². The second kappa shape index (κ2) is 7.57. The second-order valence-corrected chi connectivity index (χ2v) is 4.58. The zero-order valence-electron chi connectivity index (χ0n) is 11.8. The number of nitriles is 1. The van der Waals surface area contributed by atoms with Crippen molar-refractivity contribution in [3.05, 3.63) is 47.6 Å². The number of rotatable bonds is 6. The summed E-state index contributed by atoms with van der Waals surface area (Å²) in [4.78, 5) is 12.8. The number of carbonyl (C=O) groups is 1. The van der Waals surface area contributed by atoms with Crippen LogP contribution in [0.15, 0.2) is 42.0 Å². The highest BCUT2D eigenvalue weighted by molar-refractivity contribution is 5.96. The molecule has 0 aliphatic rings. The van der Waals surface area contributed by atoms with E-state index in [4.69, 9.17) is 16.8 Å². The minimum Gasteiger partial charge on any atom is -0.477 e. The summed E-state index contributed by atoms with van der Waals surface area (Å²) in [6.45, 7) is 6.90. The number of hydrogen-bond acceptors (Lipinski definition) is 3. The molecule has 0 spiro atoms. The van der Waals surface area contributed by atoms with E-state index < -0.39 is 5.97 Å². The Hall–Kier alpha value is -2.98. The van der Waals surface area contributed by atoms with Crippen molar-refractivity contribution in [2.75, 3.05) is 18.0 Å². The van der Waals surface area contributed by atoms with E-state index in [0.29, 0.717) is 18.7 Å². The van der Waals surface area contributed by atoms with E-state index >= 15 is 0 Å². The lowest BCUT2D eigenvalue weighted by molar-refractivity contribution is -0.132. The van der Waals surface area contributed by atoms with Crippen molar-refractivity contribution >= 4 is 17.7 Å². The zero-order valence-corrected chi connectivity index (χ0v) is 11.8. The van der Waals surface area contributed by atoms with E-state index in [9.17, 15) is 4.79 Å². The average Bonchev–Trinajstić information content (AvgIpc) is 2.44. The molecule has 0 saturated carbocycles. The van der Waals surface area contributed by atoms with Gasteiger partial charge in [-0.25, -0.2) is 4.79 Å². The van der Waals surface area contributed by atoms with E-state index in [0.717, 1.165) is 11.3 Å². The summed E-state index contributed by atoms with van der Waals surface area (Å²) in [6, 6.07) is 8.81. The predicted octanol–water partition coefficient (Wildman–Crippen LogP) is 2.69. The van der Waals surface area contributed by atoms with Crippen LogP contribution in [0.25, 0.3) is 6.08 Å². The quantitative estimate of drug-likeness (QED) is 0.376. The van der Waals surface area contributed by atoms with Crippen LogP contribution in [-0.4, -0.2) is 24.2 Å². The molecule has 0 aliphatic carbocycles. The third-order valence-corrected chi connectivity index (χ3v) is 2.66. The SMILES string of the molecule is C#CCN(CC(=C)C)c1ccc(C=C(C#N)C(=O)O)cc1. The Labute approximate surface area is 124 Å². The molecule has 4 heteroatoms. The van der Waals surface area contributed by atoms with Crippen LogP contribution in [0, 0.1) is 23.7 Å². The molecule has 0 bridgehead atoms. The van der Waals surface area contributed by atoms with Crippen molar-refractivity contribution in [3.63, 3.8) is 0 Å². The van der Waals surface area contributed by atoms with Crippen LogP contribution in [0.1, 0.15) is 12.5 Å². The van der Waals surface area contributed by atoms with Gasteiger partial charge in [-0.15, -0.1) is 6.42 Å². The van der Waals surface area contributed by atoms with Crippen molar-refractivity contribution in [2.24, 2.45) is 0 Å². The molecule has 1 aromatic carbocycles. The lowest BCUT2D eigenvalue weighted by atomic mass is 10.1. The number of terminal acetylenes is 1. The molecule has 0 unspecified atom stereocenters. The minimum atomic E-state index is -1.24. The predicted molar refractivity (Wildman–Crippen MR) is 83.5 cm³/mol. The van der Waals surface area contributed by atoms with Gasteiger partial charge in [0.15, 0.2) is 0 Å². The lowest BCUT2D eigenvalue weighted by Crippen LogP contribution is -2.25. The minimum absolute atomic E-state index is 0.301. The molecule has 0 saturated heterocycles. The van der Waals surface area contributed by atoms with E-state index in [-0.39, 0.29) is 5.57 Å². The average molecular weight is 280 g/mol. The maximum Gasteiger partial charge on any atom is 0.346 e. The molecule has 106 valence electrons. The van der Waals surface area contributed by atoms with Gasteiger partial charge in [0.2, 0.25) is 0 Å². The molecule has 0 heterocycles. The maximum atomic E-state index is 10.8. The van der Waals surface area contributed by atoms with Gasteiger partial charge in [-0.1, -0.05) is 30.2 Å². The van der Waals surface area contributed by atoms with Gasteiger partial charge in [-0.2, -0.15) is 5.26 Å². The number of carboxylic acids is 1. The van der Waals surface area contributed by atoms with Crippen molar-refractivity contribution in [3.8, 4) is 18.4 Å². The van der Waals surface area contributed by atoms with E-state index in [1.165, 1.54) is 6.08 Å². The van der Waals surface area contributed by atoms with Crippen molar-refractivity contribution in [2.45, 2.75) is 6.92 Å². The fraction of sp³-hybridized carbons (Fsp3) is 0.176. The largest absolute Gasteiger partial charge is 0.477 e. The highest BCUT2D eigenvalue weighted by Gasteiger charge is 2.07. The first-order valence-electron chi connectivity index (χ1n) is 6.26. The molecule has 21 heavy (non-hydrogen) atoms. The molecular formula is C17H16N2O2. The van der Waals surface area contributed by atoms with Crippen LogP contribution in [0.3, 0.4) is 0 Å². The molecule has 0 fully saturated rings. The molecular weight excluding hydrogens is 264 g/mol. The third-order valence-electron chi connectivity index (χ3n) is 2.66. The molecule has 0 aliphatic heterocycles. The van der Waals surface area contributed by atoms with Crippen LogP contribution in [0.5, 0.6) is 0 Å². The second-order valence-electron chi connectivity index (χ2n) is 4.58. The summed E-state index contributed by atoms with van der Waals surface area (Å²) >= 11 is 0. The number of carboxylic acid groups (broad SMARTS) is 1. The smallest absolute Gasteiger partial charge is 0.346 e. The first-order valence-corrected chi connectivity index (χ1v) is 6.26. The van der Waals surface area contributed by atoms with Gasteiger partial charge in [0.1, 0.15) is 11.6 Å². The first-order chi connectivity index (χ1) is 9.97. The Balaban J connectivity index is 3.01. The Morgan fingerprint density at radius 2 is 2.10 bits per heavy atom. The molecule has 0 amide bonds. The normalized spacial score (nSPS) is 10.3. The summed E-state index contributed by atoms with van der Waals surface area (Å²) in [5, 5.41) is 17.5. The Morgan fingerprint density at radius 3 is 2.52 bits per heavy atom. The number of benzene rings is 1. The van der Waals surface area contributed by atoms with Crippen LogP contribution < -0.4 is 4.90 Å². The van der Waals surface area contributed by atoms with Crippen molar-refractivity contribution < 1.29 is 9.90 Å². The Morgan fingerprint density at radius 1 is 1.48 bits per heavy atom. The molecule has 4 nitrogen and oxygen atoms in total. The van der Waals surface area contributed by atoms with Gasteiger partial charge < -0.3 is 10.0 Å². The van der Waals surface area contributed by atoms with Crippen LogP contribution in [-0.2, 0) is 4.79 Å². The van der Waals surface area contributed by atoms with Crippen molar-refractivity contribution in [1.82, 2.24) is 0 Å². The highest BCUT2D eigenvalue weighted by atomic mass is 16.4. The van der Waals surface area contributed by atoms with Crippen LogP contribution >= 0.6 is 0 Å². The number of aliphatic carboxylic acids is 1. The molecule has 0 aromatic heterocycles. The van der Waals surface area contributed by atoms with Gasteiger partial charge in [0.25, 0.3) is 0 Å². The standard InChI is InChI=1S/C17H16N2O2/c1-4-9-19(12-13(2)3)16-7-5-14(6-8-16)10-15(11-18)17(20)21/h1,5-8,10H,2,9,12H2,3H3,(H,20,21). The summed E-state index contributed by atoms with van der Waals surface area (Å²) in [5.41, 5.74) is 2.26. The monoisotopic (exact) mass is 280 g/mol. The van der Waals surface area contributed by atoms with Crippen LogP contribution in [0.4, 0.5) is 5.69 Å². The van der Waals surface area contributed by atoms with E-state index in [2.05, 4.69) is 12.5 Å². The molecule has 1 rings (SSSR count). The molecule has 0 atom stereocenters. The summed E-state index contributed by atoms with van der Waals surface area (Å²) in [5.74, 6) is 1.36. The fourth-order valence-corrected chi connectivity index (χ4v) is 1.76. The molecule has 0 radical (unpaired) electrons. The maximum absolute atomic E-state index is 10.8. The van der Waals surface area contributed by atoms with Gasteiger partial charge in [0, 0.05) is 12.2 Å². The van der Waals surface area contributed by atoms with Crippen LogP contribution in [0.2, 0.25) is 0 Å². The van der Waals surface area contributed by atoms with Crippen molar-refractivity contribution in [1.29, 1.82) is 5.26 Å². The first kappa shape index (κ1) is 16.1. The number of hydrogen-bond donors (Lipinski definition) is 1. The Bertz CT molecular complexity index is 643. The lowest BCUT2D eigenvalue weighted by Gasteiger charge is -2.22. The summed E-state index contributed by atoms with van der Waals surface area (Å²) in [6.07, 6.45) is 6.69. The molecule has 1 aromatic rings. The van der Waals surface area contributed by atoms with Gasteiger partial charge in [-0.3, -0.25) is 0 Å². The third kappa shape index (κ3) is 4.89.